The molecular weight excluding hydrogens is 615 g/mol. The highest BCUT2D eigenvalue weighted by Gasteiger charge is 2.27. The first-order chi connectivity index (χ1) is 22.8. The summed E-state index contributed by atoms with van der Waals surface area (Å²) < 4.78 is 21.9. The van der Waals surface area contributed by atoms with E-state index in [9.17, 15) is 24.5 Å². The molecular formula is C37H71N2O7P. The van der Waals surface area contributed by atoms with E-state index in [1.165, 1.54) is 77.0 Å². The number of rotatable bonds is 34. The molecule has 4 atom stereocenters. The molecule has 0 aromatic heterocycles. The fourth-order valence-corrected chi connectivity index (χ4v) is 5.88. The zero-order valence-electron chi connectivity index (χ0n) is 29.9. The molecule has 6 N–H and O–H groups in total. The van der Waals surface area contributed by atoms with Crippen molar-refractivity contribution in [2.75, 3.05) is 19.8 Å². The third-order valence-electron chi connectivity index (χ3n) is 7.99. The molecule has 0 aliphatic heterocycles. The van der Waals surface area contributed by atoms with Crippen molar-refractivity contribution >= 4 is 13.7 Å². The SMILES string of the molecule is CCCCCCC/C=C/CC/C=C/C(O)C(COP(=O)(O)OCCN)NC(=O)CC(O)CCCCC/C=C\CCCCCCCCC. The van der Waals surface area contributed by atoms with Gasteiger partial charge in [-0.15, -0.1) is 0 Å². The largest absolute Gasteiger partial charge is 0.472 e. The number of unbranched alkanes of at least 4 members (excludes halogenated alkanes) is 16. The molecule has 0 heterocycles. The Morgan fingerprint density at radius 1 is 0.723 bits per heavy atom. The first-order valence-corrected chi connectivity index (χ1v) is 20.2. The van der Waals surface area contributed by atoms with E-state index in [0.29, 0.717) is 12.8 Å². The van der Waals surface area contributed by atoms with Crippen LogP contribution in [0.25, 0.3) is 0 Å². The van der Waals surface area contributed by atoms with Gasteiger partial charge in [-0.25, -0.2) is 4.57 Å². The lowest BCUT2D eigenvalue weighted by atomic mass is 10.1. The minimum Gasteiger partial charge on any atom is -0.393 e. The molecule has 0 bridgehead atoms. The van der Waals surface area contributed by atoms with Gasteiger partial charge in [-0.2, -0.15) is 0 Å². The van der Waals surface area contributed by atoms with E-state index >= 15 is 0 Å². The number of nitrogens with two attached hydrogens (primary N) is 1. The molecule has 0 aliphatic rings. The second kappa shape index (κ2) is 33.2. The summed E-state index contributed by atoms with van der Waals surface area (Å²) in [6.45, 7) is 3.88. The van der Waals surface area contributed by atoms with Gasteiger partial charge in [0.1, 0.15) is 0 Å². The van der Waals surface area contributed by atoms with Crippen molar-refractivity contribution in [3.63, 3.8) is 0 Å². The van der Waals surface area contributed by atoms with E-state index in [1.807, 2.05) is 6.08 Å². The third-order valence-corrected chi connectivity index (χ3v) is 8.98. The maximum atomic E-state index is 12.7. The highest BCUT2D eigenvalue weighted by molar-refractivity contribution is 7.47. The number of carbonyl (C=O) groups is 1. The normalized spacial score (nSPS) is 15.4. The number of allylic oxidation sites excluding steroid dienone is 5. The number of carbonyl (C=O) groups excluding carboxylic acids is 1. The van der Waals surface area contributed by atoms with Crippen LogP contribution in [0, 0.1) is 0 Å². The number of aliphatic hydroxyl groups is 2. The zero-order chi connectivity index (χ0) is 34.9. The maximum Gasteiger partial charge on any atom is 0.472 e. The Balaban J connectivity index is 4.49. The van der Waals surface area contributed by atoms with Gasteiger partial charge < -0.3 is 26.2 Å². The number of phosphoric ester groups is 1. The molecule has 9 nitrogen and oxygen atoms in total. The Morgan fingerprint density at radius 2 is 1.21 bits per heavy atom. The Labute approximate surface area is 287 Å². The molecule has 0 aromatic carbocycles. The van der Waals surface area contributed by atoms with Crippen molar-refractivity contribution in [1.82, 2.24) is 5.32 Å². The molecule has 0 saturated heterocycles. The molecule has 0 spiro atoms. The summed E-state index contributed by atoms with van der Waals surface area (Å²) in [5.74, 6) is -0.468. The fraction of sp³-hybridized carbons (Fsp3) is 0.811. The van der Waals surface area contributed by atoms with Crippen LogP contribution in [-0.4, -0.2) is 59.0 Å². The second-order valence-electron chi connectivity index (χ2n) is 12.6. The quantitative estimate of drug-likeness (QED) is 0.0257. The number of phosphoric acid groups is 1. The molecule has 47 heavy (non-hydrogen) atoms. The smallest absolute Gasteiger partial charge is 0.393 e. The van der Waals surface area contributed by atoms with Gasteiger partial charge in [-0.1, -0.05) is 127 Å². The minimum atomic E-state index is -4.40. The molecule has 1 amide bonds. The van der Waals surface area contributed by atoms with Crippen LogP contribution < -0.4 is 11.1 Å². The van der Waals surface area contributed by atoms with Crippen molar-refractivity contribution in [2.24, 2.45) is 5.73 Å². The van der Waals surface area contributed by atoms with Crippen LogP contribution in [0.15, 0.2) is 36.5 Å². The average molecular weight is 687 g/mol. The van der Waals surface area contributed by atoms with Gasteiger partial charge in [0.05, 0.1) is 37.9 Å². The Hall–Kier alpha value is -1.32. The van der Waals surface area contributed by atoms with E-state index < -0.39 is 38.6 Å². The van der Waals surface area contributed by atoms with Gasteiger partial charge in [0.25, 0.3) is 0 Å². The Kier molecular flexibility index (Phi) is 32.3. The Bertz CT molecular complexity index is 853. The molecule has 0 aliphatic carbocycles. The molecule has 0 rings (SSSR count). The average Bonchev–Trinajstić information content (AvgIpc) is 3.04. The molecule has 276 valence electrons. The molecule has 0 saturated carbocycles. The van der Waals surface area contributed by atoms with Crippen LogP contribution in [-0.2, 0) is 18.4 Å². The molecule has 4 unspecified atom stereocenters. The van der Waals surface area contributed by atoms with E-state index in [1.54, 1.807) is 6.08 Å². The van der Waals surface area contributed by atoms with Gasteiger partial charge in [0.15, 0.2) is 0 Å². The van der Waals surface area contributed by atoms with Crippen LogP contribution in [0.4, 0.5) is 0 Å². The summed E-state index contributed by atoms with van der Waals surface area (Å²) in [6, 6.07) is -1.00. The summed E-state index contributed by atoms with van der Waals surface area (Å²) in [7, 11) is -4.40. The third kappa shape index (κ3) is 31.7. The van der Waals surface area contributed by atoms with Crippen LogP contribution in [0.2, 0.25) is 0 Å². The molecule has 0 radical (unpaired) electrons. The predicted molar refractivity (Wildman–Crippen MR) is 195 cm³/mol. The van der Waals surface area contributed by atoms with Gasteiger partial charge in [-0.3, -0.25) is 13.8 Å². The van der Waals surface area contributed by atoms with Gasteiger partial charge >= 0.3 is 7.82 Å². The van der Waals surface area contributed by atoms with Crippen molar-refractivity contribution < 1.29 is 33.5 Å². The first-order valence-electron chi connectivity index (χ1n) is 18.7. The van der Waals surface area contributed by atoms with Gasteiger partial charge in [0, 0.05) is 6.54 Å². The van der Waals surface area contributed by atoms with E-state index in [-0.39, 0.29) is 19.6 Å². The summed E-state index contributed by atoms with van der Waals surface area (Å²) >= 11 is 0. The lowest BCUT2D eigenvalue weighted by molar-refractivity contribution is -0.124. The summed E-state index contributed by atoms with van der Waals surface area (Å²) in [4.78, 5) is 22.6. The molecule has 0 aromatic rings. The zero-order valence-corrected chi connectivity index (χ0v) is 30.8. The number of hydrogen-bond donors (Lipinski definition) is 5. The van der Waals surface area contributed by atoms with Crippen LogP contribution in [0.3, 0.4) is 0 Å². The monoisotopic (exact) mass is 686 g/mol. The highest BCUT2D eigenvalue weighted by atomic mass is 31.2. The first kappa shape index (κ1) is 45.7. The number of aliphatic hydroxyl groups excluding tert-OH is 2. The number of amides is 1. The number of nitrogens with one attached hydrogen (secondary N) is 1. The standard InChI is InChI=1S/C37H71N2O7P/c1-3-5-7-9-11-13-15-16-17-19-20-22-24-26-28-34(40)32-37(42)39-35(33-46-47(43,44)45-31-30-38)36(41)29-27-25-23-21-18-14-12-10-8-6-4-2/h17-19,21,27,29,34-36,40-41H,3-16,20,22-26,28,30-33,38H2,1-2H3,(H,39,42)(H,43,44)/b19-17-,21-18+,29-27+. The predicted octanol–water partition coefficient (Wildman–Crippen LogP) is 8.58. The van der Waals surface area contributed by atoms with Crippen molar-refractivity contribution in [2.45, 2.75) is 173 Å². The summed E-state index contributed by atoms with van der Waals surface area (Å²) in [5.41, 5.74) is 5.33. The maximum absolute atomic E-state index is 12.7. The van der Waals surface area contributed by atoms with Crippen molar-refractivity contribution in [3.8, 4) is 0 Å². The van der Waals surface area contributed by atoms with Crippen molar-refractivity contribution in [1.29, 1.82) is 0 Å². The van der Waals surface area contributed by atoms with Gasteiger partial charge in [-0.05, 0) is 57.8 Å². The van der Waals surface area contributed by atoms with Crippen LogP contribution in [0.1, 0.15) is 155 Å². The fourth-order valence-electron chi connectivity index (χ4n) is 5.12. The van der Waals surface area contributed by atoms with Crippen molar-refractivity contribution in [3.05, 3.63) is 36.5 Å². The second-order valence-corrected chi connectivity index (χ2v) is 14.1. The topological polar surface area (TPSA) is 151 Å². The highest BCUT2D eigenvalue weighted by Crippen LogP contribution is 2.43. The van der Waals surface area contributed by atoms with E-state index in [4.69, 9.17) is 14.8 Å². The Morgan fingerprint density at radius 3 is 1.77 bits per heavy atom. The molecule has 0 fully saturated rings. The van der Waals surface area contributed by atoms with Crippen LogP contribution in [0.5, 0.6) is 0 Å². The lowest BCUT2D eigenvalue weighted by Gasteiger charge is -2.24. The summed E-state index contributed by atoms with van der Waals surface area (Å²) in [6.07, 6.45) is 33.8. The van der Waals surface area contributed by atoms with E-state index in [2.05, 4.69) is 43.5 Å². The summed E-state index contributed by atoms with van der Waals surface area (Å²) in [5, 5.41) is 23.8. The lowest BCUT2D eigenvalue weighted by Crippen LogP contribution is -2.46. The number of hydrogen-bond acceptors (Lipinski definition) is 7. The van der Waals surface area contributed by atoms with E-state index in [0.717, 1.165) is 44.9 Å². The minimum absolute atomic E-state index is 0.0423. The van der Waals surface area contributed by atoms with Gasteiger partial charge in [0.2, 0.25) is 5.91 Å². The van der Waals surface area contributed by atoms with Crippen LogP contribution >= 0.6 is 7.82 Å². The molecule has 10 heteroatoms.